The van der Waals surface area contributed by atoms with E-state index < -0.39 is 17.1 Å². The van der Waals surface area contributed by atoms with E-state index in [0.717, 1.165) is 18.6 Å². The van der Waals surface area contributed by atoms with Gasteiger partial charge in [0.05, 0.1) is 13.1 Å². The zero-order valence-corrected chi connectivity index (χ0v) is 12.9. The van der Waals surface area contributed by atoms with Gasteiger partial charge in [-0.1, -0.05) is 18.2 Å². The Hall–Kier alpha value is -2.41. The average Bonchev–Trinajstić information content (AvgIpc) is 3.01. The number of thiophene rings is 1. The minimum atomic E-state index is -0.637. The molecule has 2 rings (SSSR count). The van der Waals surface area contributed by atoms with E-state index in [-0.39, 0.29) is 19.6 Å². The van der Waals surface area contributed by atoms with E-state index in [0.29, 0.717) is 6.42 Å². The van der Waals surface area contributed by atoms with E-state index >= 15 is 0 Å². The van der Waals surface area contributed by atoms with Crippen LogP contribution in [-0.2, 0) is 26.1 Å². The molecule has 2 aromatic heterocycles. The van der Waals surface area contributed by atoms with Gasteiger partial charge in [0.2, 0.25) is 0 Å². The van der Waals surface area contributed by atoms with Gasteiger partial charge in [-0.05, 0) is 11.4 Å². The van der Waals surface area contributed by atoms with Gasteiger partial charge in [-0.25, -0.2) is 28.1 Å². The molecule has 0 aliphatic rings. The van der Waals surface area contributed by atoms with Crippen LogP contribution in [0, 0.1) is 0 Å². The van der Waals surface area contributed by atoms with Gasteiger partial charge in [-0.15, -0.1) is 24.5 Å². The maximum atomic E-state index is 12.4. The number of rotatable bonds is 7. The largest absolute Gasteiger partial charge is 0.336 e. The van der Waals surface area contributed by atoms with E-state index in [1.807, 2.05) is 17.5 Å². The van der Waals surface area contributed by atoms with Crippen LogP contribution in [-0.4, -0.2) is 13.7 Å². The molecule has 0 radical (unpaired) electrons. The van der Waals surface area contributed by atoms with Crippen LogP contribution in [0.5, 0.6) is 0 Å². The summed E-state index contributed by atoms with van der Waals surface area (Å²) in [7, 11) is 0. The van der Waals surface area contributed by atoms with Crippen molar-refractivity contribution in [2.45, 2.75) is 26.1 Å². The lowest BCUT2D eigenvalue weighted by atomic mass is 10.3. The van der Waals surface area contributed by atoms with Crippen molar-refractivity contribution in [1.82, 2.24) is 13.7 Å². The predicted octanol–water partition coefficient (Wildman–Crippen LogP) is 0.848. The molecule has 116 valence electrons. The van der Waals surface area contributed by atoms with Crippen molar-refractivity contribution in [2.75, 3.05) is 0 Å². The highest BCUT2D eigenvalue weighted by Crippen LogP contribution is 2.09. The third-order valence-electron chi connectivity index (χ3n) is 3.17. The first-order valence-corrected chi connectivity index (χ1v) is 7.66. The van der Waals surface area contributed by atoms with Gasteiger partial charge in [0, 0.05) is 17.8 Å². The van der Waals surface area contributed by atoms with Crippen LogP contribution >= 0.6 is 11.3 Å². The molecule has 0 bridgehead atoms. The van der Waals surface area contributed by atoms with Crippen LogP contribution in [0.1, 0.15) is 4.88 Å². The normalized spacial score (nSPS) is 10.5. The molecule has 0 aliphatic heterocycles. The molecule has 0 atom stereocenters. The number of nitrogens with zero attached hydrogens (tertiary/aromatic N) is 3. The van der Waals surface area contributed by atoms with Crippen LogP contribution in [0.15, 0.2) is 57.2 Å². The highest BCUT2D eigenvalue weighted by molar-refractivity contribution is 7.09. The van der Waals surface area contributed by atoms with Gasteiger partial charge in [0.15, 0.2) is 0 Å². The molecular formula is C15H17N3O3S. The molecule has 0 aliphatic carbocycles. The summed E-state index contributed by atoms with van der Waals surface area (Å²) in [4.78, 5) is 38.0. The molecule has 22 heavy (non-hydrogen) atoms. The molecule has 2 aromatic rings. The molecule has 7 heteroatoms. The Bertz CT molecular complexity index is 792. The standard InChI is InChI=1S/C15H17N3O3S/c1-3-8-16-13(19)17(9-4-2)15(21)18(14(16)20)10-7-12-6-5-11-22-12/h3-6,11H,1-2,7-10H2. The SMILES string of the molecule is C=CCn1c(=O)n(CC=C)c(=O)n(CCc2cccs2)c1=O. The van der Waals surface area contributed by atoms with Gasteiger partial charge in [-0.2, -0.15) is 0 Å². The lowest BCUT2D eigenvalue weighted by Gasteiger charge is -2.11. The fourth-order valence-corrected chi connectivity index (χ4v) is 2.82. The Morgan fingerprint density at radius 2 is 1.50 bits per heavy atom. The van der Waals surface area contributed by atoms with Crippen LogP contribution in [0.3, 0.4) is 0 Å². The van der Waals surface area contributed by atoms with Gasteiger partial charge in [-0.3, -0.25) is 0 Å². The predicted molar refractivity (Wildman–Crippen MR) is 87.6 cm³/mol. The Kier molecular flexibility index (Phi) is 5.11. The summed E-state index contributed by atoms with van der Waals surface area (Å²) < 4.78 is 3.10. The fraction of sp³-hybridized carbons (Fsp3) is 0.267. The summed E-state index contributed by atoms with van der Waals surface area (Å²) >= 11 is 1.56. The topological polar surface area (TPSA) is 66.0 Å². The Balaban J connectivity index is 2.53. The van der Waals surface area contributed by atoms with Crippen LogP contribution in [0.25, 0.3) is 0 Å². The highest BCUT2D eigenvalue weighted by Gasteiger charge is 2.13. The molecule has 0 spiro atoms. The van der Waals surface area contributed by atoms with Crippen molar-refractivity contribution in [2.24, 2.45) is 0 Å². The number of hydrogen-bond donors (Lipinski definition) is 0. The van der Waals surface area contributed by atoms with E-state index in [9.17, 15) is 14.4 Å². The molecule has 0 amide bonds. The van der Waals surface area contributed by atoms with Crippen molar-refractivity contribution in [1.29, 1.82) is 0 Å². The molecular weight excluding hydrogens is 302 g/mol. The second-order valence-corrected chi connectivity index (χ2v) is 5.66. The Labute approximate surface area is 130 Å². The Morgan fingerprint density at radius 1 is 0.955 bits per heavy atom. The van der Waals surface area contributed by atoms with Crippen molar-refractivity contribution in [3.05, 3.63) is 79.2 Å². The lowest BCUT2D eigenvalue weighted by Crippen LogP contribution is -2.54. The summed E-state index contributed by atoms with van der Waals surface area (Å²) in [6, 6.07) is 3.86. The first-order chi connectivity index (χ1) is 10.6. The van der Waals surface area contributed by atoms with Crippen molar-refractivity contribution >= 4 is 11.3 Å². The summed E-state index contributed by atoms with van der Waals surface area (Å²) in [5.74, 6) is 0. The maximum Gasteiger partial charge on any atom is 0.336 e. The minimum absolute atomic E-state index is 0.0636. The van der Waals surface area contributed by atoms with Gasteiger partial charge >= 0.3 is 17.1 Å². The van der Waals surface area contributed by atoms with E-state index in [2.05, 4.69) is 13.2 Å². The molecule has 6 nitrogen and oxygen atoms in total. The monoisotopic (exact) mass is 319 g/mol. The average molecular weight is 319 g/mol. The minimum Gasteiger partial charge on any atom is -0.247 e. The van der Waals surface area contributed by atoms with Crippen molar-refractivity contribution < 1.29 is 0 Å². The smallest absolute Gasteiger partial charge is 0.247 e. The number of hydrogen-bond acceptors (Lipinski definition) is 4. The molecule has 0 N–H and O–H groups in total. The van der Waals surface area contributed by atoms with Crippen LogP contribution < -0.4 is 17.1 Å². The highest BCUT2D eigenvalue weighted by atomic mass is 32.1. The fourth-order valence-electron chi connectivity index (χ4n) is 2.12. The maximum absolute atomic E-state index is 12.4. The molecule has 2 heterocycles. The second kappa shape index (κ2) is 7.04. The molecule has 0 fully saturated rings. The first kappa shape index (κ1) is 16.0. The zero-order valence-electron chi connectivity index (χ0n) is 12.1. The lowest BCUT2D eigenvalue weighted by molar-refractivity contribution is 0.480. The second-order valence-electron chi connectivity index (χ2n) is 4.63. The van der Waals surface area contributed by atoms with Gasteiger partial charge in [0.1, 0.15) is 0 Å². The molecule has 0 unspecified atom stereocenters. The Morgan fingerprint density at radius 3 is 1.95 bits per heavy atom. The van der Waals surface area contributed by atoms with Crippen molar-refractivity contribution in [3.63, 3.8) is 0 Å². The molecule has 0 aromatic carbocycles. The summed E-state index contributed by atoms with van der Waals surface area (Å²) in [6.07, 6.45) is 3.47. The van der Waals surface area contributed by atoms with Gasteiger partial charge < -0.3 is 0 Å². The van der Waals surface area contributed by atoms with Crippen LogP contribution in [0.4, 0.5) is 0 Å². The third kappa shape index (κ3) is 3.09. The summed E-state index contributed by atoms with van der Waals surface area (Å²) in [5.41, 5.74) is -1.85. The zero-order chi connectivity index (χ0) is 16.1. The van der Waals surface area contributed by atoms with E-state index in [1.54, 1.807) is 11.3 Å². The molecule has 0 saturated heterocycles. The van der Waals surface area contributed by atoms with Gasteiger partial charge in [0.25, 0.3) is 0 Å². The number of allylic oxidation sites excluding steroid dienone is 2. The van der Waals surface area contributed by atoms with E-state index in [1.165, 1.54) is 12.2 Å². The quantitative estimate of drug-likeness (QED) is 0.711. The number of aromatic nitrogens is 3. The molecule has 0 saturated carbocycles. The van der Waals surface area contributed by atoms with Crippen molar-refractivity contribution in [3.8, 4) is 0 Å². The number of aryl methyl sites for hydroxylation is 1. The first-order valence-electron chi connectivity index (χ1n) is 6.78. The van der Waals surface area contributed by atoms with E-state index in [4.69, 9.17) is 0 Å². The van der Waals surface area contributed by atoms with Crippen LogP contribution in [0.2, 0.25) is 0 Å². The third-order valence-corrected chi connectivity index (χ3v) is 4.11. The summed E-state index contributed by atoms with van der Waals surface area (Å²) in [6.45, 7) is 7.43. The summed E-state index contributed by atoms with van der Waals surface area (Å²) in [5, 5.41) is 1.94.